The molecule has 1 unspecified atom stereocenters. The van der Waals surface area contributed by atoms with E-state index >= 15 is 4.39 Å². The third kappa shape index (κ3) is 3.37. The van der Waals surface area contributed by atoms with E-state index in [0.717, 1.165) is 0 Å². The molecule has 5 rings (SSSR count). The molecule has 37 heavy (non-hydrogen) atoms. The number of esters is 1. The van der Waals surface area contributed by atoms with Crippen LogP contribution >= 0.6 is 0 Å². The van der Waals surface area contributed by atoms with Crippen LogP contribution in [0.15, 0.2) is 48.3 Å². The first-order valence-electron chi connectivity index (χ1n) is 13.1. The Morgan fingerprint density at radius 1 is 1.27 bits per heavy atom. The van der Waals surface area contributed by atoms with Crippen molar-refractivity contribution in [3.8, 4) is 0 Å². The number of carbonyl (C=O) groups excluding carboxylic acids is 3. The number of allylic oxidation sites excluding steroid dienone is 4. The third-order valence-electron chi connectivity index (χ3n) is 10.2. The van der Waals surface area contributed by atoms with Crippen LogP contribution in [-0.2, 0) is 14.3 Å². The van der Waals surface area contributed by atoms with Gasteiger partial charge in [0.1, 0.15) is 5.60 Å². The highest BCUT2D eigenvalue weighted by molar-refractivity contribution is 6.01. The summed E-state index contributed by atoms with van der Waals surface area (Å²) in [6.07, 6.45) is 7.53. The van der Waals surface area contributed by atoms with E-state index in [1.807, 2.05) is 6.92 Å². The van der Waals surface area contributed by atoms with Gasteiger partial charge in [0.15, 0.2) is 18.1 Å². The monoisotopic (exact) mass is 511 g/mol. The summed E-state index contributed by atoms with van der Waals surface area (Å²) in [6, 6.07) is 3.10. The molecule has 4 aliphatic rings. The molecule has 7 nitrogen and oxygen atoms in total. The van der Waals surface area contributed by atoms with Crippen molar-refractivity contribution in [2.75, 3.05) is 6.61 Å². The molecule has 0 spiro atoms. The quantitative estimate of drug-likeness (QED) is 0.581. The first kappa shape index (κ1) is 25.9. The van der Waals surface area contributed by atoms with E-state index in [4.69, 9.17) is 4.74 Å². The van der Waals surface area contributed by atoms with Gasteiger partial charge >= 0.3 is 5.97 Å². The first-order valence-corrected chi connectivity index (χ1v) is 13.1. The van der Waals surface area contributed by atoms with Crippen LogP contribution in [0.5, 0.6) is 0 Å². The van der Waals surface area contributed by atoms with Gasteiger partial charge in [0.25, 0.3) is 0 Å². The fourth-order valence-electron chi connectivity index (χ4n) is 8.19. The normalized spacial score (nSPS) is 42.3. The number of fused-ring (bicyclic) bond motifs is 5. The summed E-state index contributed by atoms with van der Waals surface area (Å²) in [7, 11) is 0. The molecule has 4 aliphatic carbocycles. The predicted octanol–water partition coefficient (Wildman–Crippen LogP) is 3.55. The third-order valence-corrected chi connectivity index (χ3v) is 10.2. The number of ether oxygens (including phenoxy) is 1. The van der Waals surface area contributed by atoms with Gasteiger partial charge in [-0.25, -0.2) is 9.18 Å². The average molecular weight is 512 g/mol. The molecular formula is C29H34FNO6. The van der Waals surface area contributed by atoms with Crippen LogP contribution in [0, 0.1) is 28.6 Å². The average Bonchev–Trinajstić information content (AvgIpc) is 3.11. The smallest absolute Gasteiger partial charge is 0.340 e. The second kappa shape index (κ2) is 8.67. The van der Waals surface area contributed by atoms with Crippen LogP contribution in [0.25, 0.3) is 0 Å². The highest BCUT2D eigenvalue weighted by atomic mass is 19.1. The molecule has 0 aromatic carbocycles. The molecule has 0 saturated heterocycles. The number of aliphatic hydroxyl groups is 2. The zero-order valence-electron chi connectivity index (χ0n) is 21.4. The summed E-state index contributed by atoms with van der Waals surface area (Å²) in [5, 5.41) is 23.6. The Kier molecular flexibility index (Phi) is 6.07. The van der Waals surface area contributed by atoms with Gasteiger partial charge in [-0.1, -0.05) is 31.9 Å². The predicted molar refractivity (Wildman–Crippen MR) is 132 cm³/mol. The second-order valence-corrected chi connectivity index (χ2v) is 11.6. The summed E-state index contributed by atoms with van der Waals surface area (Å²) in [5.41, 5.74) is -5.32. The van der Waals surface area contributed by atoms with Crippen LogP contribution in [0.3, 0.4) is 0 Å². The lowest BCUT2D eigenvalue weighted by atomic mass is 9.44. The van der Waals surface area contributed by atoms with Gasteiger partial charge in [0.2, 0.25) is 5.78 Å². The number of aromatic nitrogens is 1. The number of halogens is 1. The van der Waals surface area contributed by atoms with Gasteiger partial charge in [-0.05, 0) is 68.7 Å². The van der Waals surface area contributed by atoms with E-state index in [1.54, 1.807) is 26.0 Å². The Morgan fingerprint density at radius 2 is 2.03 bits per heavy atom. The Morgan fingerprint density at radius 3 is 2.70 bits per heavy atom. The number of Topliss-reactive ketones (excluding diaryl/α,β-unsaturated/α-hetero) is 1. The number of pyridine rings is 1. The Balaban J connectivity index is 1.47. The topological polar surface area (TPSA) is 114 Å². The van der Waals surface area contributed by atoms with Crippen LogP contribution in [0.1, 0.15) is 63.2 Å². The largest absolute Gasteiger partial charge is 0.454 e. The Labute approximate surface area is 215 Å². The molecule has 3 saturated carbocycles. The summed E-state index contributed by atoms with van der Waals surface area (Å²) in [6.45, 7) is 4.76. The number of ketones is 2. The number of carbonyl (C=O) groups is 3. The molecule has 1 aromatic rings. The zero-order valence-corrected chi connectivity index (χ0v) is 21.4. The molecular weight excluding hydrogens is 477 g/mol. The van der Waals surface area contributed by atoms with E-state index in [0.29, 0.717) is 31.3 Å². The summed E-state index contributed by atoms with van der Waals surface area (Å²) in [4.78, 5) is 42.0. The maximum Gasteiger partial charge on any atom is 0.340 e. The number of alkyl halides is 1. The van der Waals surface area contributed by atoms with Crippen LogP contribution in [0.4, 0.5) is 4.39 Å². The maximum absolute atomic E-state index is 17.3. The summed E-state index contributed by atoms with van der Waals surface area (Å²) >= 11 is 0. The minimum atomic E-state index is -2.04. The molecule has 3 fully saturated rings. The van der Waals surface area contributed by atoms with Crippen LogP contribution in [0.2, 0.25) is 0 Å². The first-order chi connectivity index (χ1) is 17.4. The molecule has 0 bridgehead atoms. The van der Waals surface area contributed by atoms with Gasteiger partial charge in [-0.15, -0.1) is 0 Å². The van der Waals surface area contributed by atoms with Gasteiger partial charge in [0.05, 0.1) is 11.7 Å². The summed E-state index contributed by atoms with van der Waals surface area (Å²) < 4.78 is 22.6. The van der Waals surface area contributed by atoms with Crippen molar-refractivity contribution < 1.29 is 33.7 Å². The molecule has 0 amide bonds. The van der Waals surface area contributed by atoms with Gasteiger partial charge in [-0.2, -0.15) is 0 Å². The van der Waals surface area contributed by atoms with E-state index < -0.39 is 58.4 Å². The molecule has 2 N–H and O–H groups in total. The number of nitrogens with zero attached hydrogens (tertiary/aromatic N) is 1. The van der Waals surface area contributed by atoms with Crippen molar-refractivity contribution in [3.05, 3.63) is 53.9 Å². The van der Waals surface area contributed by atoms with Crippen molar-refractivity contribution in [3.63, 3.8) is 0 Å². The lowest BCUT2D eigenvalue weighted by Crippen LogP contribution is -2.69. The van der Waals surface area contributed by atoms with Crippen LogP contribution in [-0.4, -0.2) is 56.7 Å². The van der Waals surface area contributed by atoms with E-state index in [2.05, 4.69) is 4.98 Å². The van der Waals surface area contributed by atoms with Crippen molar-refractivity contribution in [1.82, 2.24) is 4.98 Å². The maximum atomic E-state index is 17.3. The van der Waals surface area contributed by atoms with Crippen molar-refractivity contribution in [2.45, 2.75) is 70.2 Å². The molecule has 1 aromatic heterocycles. The number of aliphatic hydroxyl groups excluding tert-OH is 1. The molecule has 1 heterocycles. The molecule has 8 heteroatoms. The lowest BCUT2D eigenvalue weighted by molar-refractivity contribution is -0.220. The molecule has 0 aliphatic heterocycles. The van der Waals surface area contributed by atoms with Crippen molar-refractivity contribution in [1.29, 1.82) is 0 Å². The summed E-state index contributed by atoms with van der Waals surface area (Å²) in [5.74, 6) is -3.01. The highest BCUT2D eigenvalue weighted by Crippen LogP contribution is 2.71. The Bertz CT molecular complexity index is 1200. The standard InChI is InChI=1S/C29H34FNO6/c1-4-18-13-22-21-8-7-19-12-20(32)9-10-26(19,2)28(21,30)23(33)14-27(22,3)29(18,36)24(34)16-37-25(35)17-6-5-11-31-15-17/h5-6,9-12,15,18,21-23,33,36H,4,7-8,13-14,16H2,1-3H3/t18-,21+,22+,23+,26+,27+,28?,29+/m1/s1. The fourth-order valence-corrected chi connectivity index (χ4v) is 8.19. The molecule has 0 radical (unpaired) electrons. The Hall–Kier alpha value is -2.71. The molecule has 8 atom stereocenters. The second-order valence-electron chi connectivity index (χ2n) is 11.6. The SMILES string of the molecule is CC[C@@H]1C[C@H]2[C@@H]3CCC4=CC(=O)C=C[C@]4(C)C3(F)[C@@H](O)C[C@]2(C)[C@@]1(O)C(=O)COC(=O)c1cccnc1. The number of hydrogen-bond acceptors (Lipinski definition) is 7. The van der Waals surface area contributed by atoms with Crippen LogP contribution < -0.4 is 0 Å². The van der Waals surface area contributed by atoms with E-state index in [1.165, 1.54) is 30.6 Å². The fraction of sp³-hybridized carbons (Fsp3) is 0.586. The molecule has 198 valence electrons. The van der Waals surface area contributed by atoms with E-state index in [9.17, 15) is 24.6 Å². The van der Waals surface area contributed by atoms with Gasteiger partial charge < -0.3 is 14.9 Å². The van der Waals surface area contributed by atoms with Gasteiger partial charge in [0, 0.05) is 29.1 Å². The number of rotatable bonds is 5. The van der Waals surface area contributed by atoms with Crippen molar-refractivity contribution in [2.24, 2.45) is 28.6 Å². The van der Waals surface area contributed by atoms with Gasteiger partial charge in [-0.3, -0.25) is 14.6 Å². The zero-order chi connectivity index (χ0) is 26.8. The van der Waals surface area contributed by atoms with E-state index in [-0.39, 0.29) is 23.7 Å². The minimum absolute atomic E-state index is 0.120. The minimum Gasteiger partial charge on any atom is -0.454 e. The highest BCUT2D eigenvalue weighted by Gasteiger charge is 2.75. The van der Waals surface area contributed by atoms with Crippen molar-refractivity contribution >= 4 is 17.5 Å². The number of hydrogen-bond donors (Lipinski definition) is 2. The lowest BCUT2D eigenvalue weighted by Gasteiger charge is -2.62.